The van der Waals surface area contributed by atoms with Crippen molar-refractivity contribution < 1.29 is 4.74 Å². The summed E-state index contributed by atoms with van der Waals surface area (Å²) in [6.07, 6.45) is 1.15. The summed E-state index contributed by atoms with van der Waals surface area (Å²) in [7, 11) is 0. The zero-order chi connectivity index (χ0) is 16.6. The molecule has 3 heteroatoms. The number of ether oxygens (including phenoxy) is 1. The molecule has 0 spiro atoms. The molecule has 2 aromatic carbocycles. The highest BCUT2D eigenvalue weighted by Gasteiger charge is 2.16. The van der Waals surface area contributed by atoms with Gasteiger partial charge in [0.05, 0.1) is 6.61 Å². The minimum absolute atomic E-state index is 0.726. The first-order valence-corrected chi connectivity index (χ1v) is 9.04. The summed E-state index contributed by atoms with van der Waals surface area (Å²) in [4.78, 5) is 5.14. The summed E-state index contributed by atoms with van der Waals surface area (Å²) in [5.41, 5.74) is 2.81. The topological polar surface area (TPSA) is 15.7 Å². The Balaban J connectivity index is 1.40. The Morgan fingerprint density at radius 2 is 1.46 bits per heavy atom. The maximum absolute atomic E-state index is 5.51. The van der Waals surface area contributed by atoms with E-state index >= 15 is 0 Å². The molecule has 24 heavy (non-hydrogen) atoms. The fraction of sp³-hybridized carbons (Fsp3) is 0.429. The second-order valence-corrected chi connectivity index (χ2v) is 6.43. The van der Waals surface area contributed by atoms with Crippen LogP contribution in [0.4, 0.5) is 0 Å². The predicted molar refractivity (Wildman–Crippen MR) is 99.5 cm³/mol. The van der Waals surface area contributed by atoms with Crippen LogP contribution in [0.15, 0.2) is 54.6 Å². The average molecular weight is 324 g/mol. The minimum Gasteiger partial charge on any atom is -0.494 e. The van der Waals surface area contributed by atoms with Crippen molar-refractivity contribution in [3.8, 4) is 5.75 Å². The first-order valence-electron chi connectivity index (χ1n) is 9.04. The monoisotopic (exact) mass is 324 g/mol. The predicted octanol–water partition coefficient (Wildman–Crippen LogP) is 3.45. The molecular formula is C21H28N2O. The second-order valence-electron chi connectivity index (χ2n) is 6.43. The summed E-state index contributed by atoms with van der Waals surface area (Å²) in [5.74, 6) is 0.965. The van der Waals surface area contributed by atoms with Crippen molar-refractivity contribution in [2.45, 2.75) is 19.9 Å². The lowest BCUT2D eigenvalue weighted by molar-refractivity contribution is 0.128. The highest BCUT2D eigenvalue weighted by Crippen LogP contribution is 2.15. The van der Waals surface area contributed by atoms with Crippen LogP contribution in [0.2, 0.25) is 0 Å². The molecule has 1 saturated heterocycles. The lowest BCUT2D eigenvalue weighted by Crippen LogP contribution is -2.46. The molecule has 2 aromatic rings. The lowest BCUT2D eigenvalue weighted by atomic mass is 10.1. The third kappa shape index (κ3) is 5.08. The Labute approximate surface area is 145 Å². The fourth-order valence-corrected chi connectivity index (χ4v) is 3.22. The lowest BCUT2D eigenvalue weighted by Gasteiger charge is -2.34. The molecule has 1 heterocycles. The van der Waals surface area contributed by atoms with E-state index in [0.717, 1.165) is 38.4 Å². The number of nitrogens with zero attached hydrogens (tertiary/aromatic N) is 2. The largest absolute Gasteiger partial charge is 0.494 e. The summed E-state index contributed by atoms with van der Waals surface area (Å²) in [5, 5.41) is 0. The highest BCUT2D eigenvalue weighted by molar-refractivity contribution is 5.27. The maximum atomic E-state index is 5.51. The van der Waals surface area contributed by atoms with Crippen molar-refractivity contribution >= 4 is 0 Å². The van der Waals surface area contributed by atoms with Gasteiger partial charge in [0.2, 0.25) is 0 Å². The van der Waals surface area contributed by atoms with Gasteiger partial charge in [-0.2, -0.15) is 0 Å². The van der Waals surface area contributed by atoms with Crippen LogP contribution in [0.5, 0.6) is 5.75 Å². The molecular weight excluding hydrogens is 296 g/mol. The van der Waals surface area contributed by atoms with Crippen LogP contribution < -0.4 is 4.74 Å². The molecule has 3 nitrogen and oxygen atoms in total. The molecule has 0 atom stereocenters. The van der Waals surface area contributed by atoms with Gasteiger partial charge in [-0.05, 0) is 36.6 Å². The Hall–Kier alpha value is -1.84. The van der Waals surface area contributed by atoms with Crippen molar-refractivity contribution in [3.63, 3.8) is 0 Å². The number of hydrogen-bond donors (Lipinski definition) is 0. The third-order valence-corrected chi connectivity index (χ3v) is 4.66. The highest BCUT2D eigenvalue weighted by atomic mass is 16.5. The Kier molecular flexibility index (Phi) is 6.27. The van der Waals surface area contributed by atoms with E-state index in [1.165, 1.54) is 30.8 Å². The number of rotatable bonds is 7. The number of hydrogen-bond acceptors (Lipinski definition) is 3. The van der Waals surface area contributed by atoms with Gasteiger partial charge in [0.25, 0.3) is 0 Å². The van der Waals surface area contributed by atoms with Crippen LogP contribution in [0.25, 0.3) is 0 Å². The van der Waals surface area contributed by atoms with Gasteiger partial charge in [0.15, 0.2) is 0 Å². The van der Waals surface area contributed by atoms with E-state index in [1.54, 1.807) is 0 Å². The van der Waals surface area contributed by atoms with E-state index in [-0.39, 0.29) is 0 Å². The van der Waals surface area contributed by atoms with Crippen LogP contribution in [-0.4, -0.2) is 49.1 Å². The third-order valence-electron chi connectivity index (χ3n) is 4.66. The molecule has 0 aliphatic carbocycles. The van der Waals surface area contributed by atoms with Gasteiger partial charge in [-0.15, -0.1) is 0 Å². The molecule has 3 rings (SSSR count). The van der Waals surface area contributed by atoms with Gasteiger partial charge >= 0.3 is 0 Å². The van der Waals surface area contributed by atoms with Crippen LogP contribution in [0.3, 0.4) is 0 Å². The molecule has 1 aliphatic heterocycles. The molecule has 0 radical (unpaired) electrons. The molecule has 128 valence electrons. The zero-order valence-corrected chi connectivity index (χ0v) is 14.7. The van der Waals surface area contributed by atoms with Gasteiger partial charge in [0, 0.05) is 39.3 Å². The molecule has 0 N–H and O–H groups in total. The second kappa shape index (κ2) is 8.86. The molecule has 0 unspecified atom stereocenters. The van der Waals surface area contributed by atoms with E-state index in [0.29, 0.717) is 0 Å². The van der Waals surface area contributed by atoms with Crippen molar-refractivity contribution in [2.75, 3.05) is 39.3 Å². The normalized spacial score (nSPS) is 16.2. The summed E-state index contributed by atoms with van der Waals surface area (Å²) in [6, 6.07) is 19.3. The standard InChI is InChI=1S/C21H28N2O/c1-2-24-21-10-8-20(9-11-21)18-23-16-14-22(15-17-23)13-12-19-6-4-3-5-7-19/h3-11H,2,12-18H2,1H3. The van der Waals surface area contributed by atoms with Crippen molar-refractivity contribution in [2.24, 2.45) is 0 Å². The minimum atomic E-state index is 0.726. The first kappa shape index (κ1) is 17.0. The van der Waals surface area contributed by atoms with Crippen LogP contribution in [0.1, 0.15) is 18.1 Å². The summed E-state index contributed by atoms with van der Waals surface area (Å²) < 4.78 is 5.51. The van der Waals surface area contributed by atoms with Gasteiger partial charge in [-0.3, -0.25) is 4.90 Å². The van der Waals surface area contributed by atoms with Crippen LogP contribution in [-0.2, 0) is 13.0 Å². The maximum Gasteiger partial charge on any atom is 0.119 e. The Morgan fingerprint density at radius 3 is 2.12 bits per heavy atom. The van der Waals surface area contributed by atoms with E-state index in [2.05, 4.69) is 64.4 Å². The first-order chi connectivity index (χ1) is 11.8. The quantitative estimate of drug-likeness (QED) is 0.776. The smallest absolute Gasteiger partial charge is 0.119 e. The summed E-state index contributed by atoms with van der Waals surface area (Å²) in [6.45, 7) is 9.60. The van der Waals surface area contributed by atoms with Crippen molar-refractivity contribution in [3.05, 3.63) is 65.7 Å². The van der Waals surface area contributed by atoms with E-state index in [9.17, 15) is 0 Å². The molecule has 0 aromatic heterocycles. The van der Waals surface area contributed by atoms with E-state index in [1.807, 2.05) is 6.92 Å². The van der Waals surface area contributed by atoms with E-state index in [4.69, 9.17) is 4.74 Å². The Morgan fingerprint density at radius 1 is 0.792 bits per heavy atom. The van der Waals surface area contributed by atoms with Gasteiger partial charge < -0.3 is 9.64 Å². The number of piperazine rings is 1. The fourth-order valence-electron chi connectivity index (χ4n) is 3.22. The zero-order valence-electron chi connectivity index (χ0n) is 14.7. The molecule has 0 saturated carbocycles. The van der Waals surface area contributed by atoms with Crippen molar-refractivity contribution in [1.29, 1.82) is 0 Å². The van der Waals surface area contributed by atoms with Gasteiger partial charge in [-0.25, -0.2) is 0 Å². The average Bonchev–Trinajstić information content (AvgIpc) is 2.64. The van der Waals surface area contributed by atoms with Gasteiger partial charge in [0.1, 0.15) is 5.75 Å². The van der Waals surface area contributed by atoms with Crippen LogP contribution in [0, 0.1) is 0 Å². The van der Waals surface area contributed by atoms with Gasteiger partial charge in [-0.1, -0.05) is 42.5 Å². The van der Waals surface area contributed by atoms with E-state index < -0.39 is 0 Å². The Bertz CT molecular complexity index is 589. The molecule has 0 bridgehead atoms. The summed E-state index contributed by atoms with van der Waals surface area (Å²) >= 11 is 0. The number of benzene rings is 2. The molecule has 1 aliphatic rings. The SMILES string of the molecule is CCOc1ccc(CN2CCN(CCc3ccccc3)CC2)cc1. The molecule has 1 fully saturated rings. The van der Waals surface area contributed by atoms with Crippen molar-refractivity contribution in [1.82, 2.24) is 9.80 Å². The molecule has 0 amide bonds. The van der Waals surface area contributed by atoms with Crippen LogP contribution >= 0.6 is 0 Å².